The molecule has 0 saturated carbocycles. The number of ether oxygens (including phenoxy) is 1. The van der Waals surface area contributed by atoms with Crippen molar-refractivity contribution in [3.05, 3.63) is 46.6 Å². The summed E-state index contributed by atoms with van der Waals surface area (Å²) >= 11 is 3.49. The topological polar surface area (TPSA) is 42.4 Å². The molecule has 1 amide bonds. The number of pyridine rings is 1. The monoisotopic (exact) mass is 360 g/mol. The Balaban J connectivity index is 1.94. The number of morpholine rings is 1. The summed E-state index contributed by atoms with van der Waals surface area (Å²) in [4.78, 5) is 18.6. The van der Waals surface area contributed by atoms with Crippen molar-refractivity contribution in [3.63, 3.8) is 0 Å². The fourth-order valence-electron chi connectivity index (χ4n) is 2.60. The van der Waals surface area contributed by atoms with Gasteiger partial charge < -0.3 is 9.64 Å². The third kappa shape index (κ3) is 3.20. The molecule has 0 radical (unpaired) electrons. The molecule has 0 bridgehead atoms. The highest BCUT2D eigenvalue weighted by Crippen LogP contribution is 2.26. The SMILES string of the molecule is C/C(=C\C(=O)N1CCOCC1)c1ccnc2ccc(Br)cc12. The van der Waals surface area contributed by atoms with Crippen LogP contribution >= 0.6 is 15.9 Å². The molecule has 0 unspecified atom stereocenters. The lowest BCUT2D eigenvalue weighted by atomic mass is 10.0. The van der Waals surface area contributed by atoms with Crippen LogP contribution in [0.25, 0.3) is 16.5 Å². The molecule has 4 nitrogen and oxygen atoms in total. The summed E-state index contributed by atoms with van der Waals surface area (Å²) in [6.07, 6.45) is 3.49. The fraction of sp³-hybridized carbons (Fsp3) is 0.294. The lowest BCUT2D eigenvalue weighted by molar-refractivity contribution is -0.129. The quantitative estimate of drug-likeness (QED) is 0.772. The number of halogens is 1. The van der Waals surface area contributed by atoms with Gasteiger partial charge in [-0.15, -0.1) is 0 Å². The van der Waals surface area contributed by atoms with Gasteiger partial charge in [0.15, 0.2) is 0 Å². The summed E-state index contributed by atoms with van der Waals surface area (Å²) in [6, 6.07) is 7.93. The first-order chi connectivity index (χ1) is 10.6. The predicted octanol–water partition coefficient (Wildman–Crippen LogP) is 3.26. The highest BCUT2D eigenvalue weighted by atomic mass is 79.9. The Morgan fingerprint density at radius 3 is 2.86 bits per heavy atom. The molecule has 0 N–H and O–H groups in total. The number of allylic oxidation sites excluding steroid dienone is 1. The Hall–Kier alpha value is -1.72. The molecule has 0 atom stereocenters. The minimum Gasteiger partial charge on any atom is -0.378 e. The normalized spacial score (nSPS) is 16.1. The maximum atomic E-state index is 12.4. The first-order valence-electron chi connectivity index (χ1n) is 7.25. The van der Waals surface area contributed by atoms with Crippen molar-refractivity contribution in [2.24, 2.45) is 0 Å². The van der Waals surface area contributed by atoms with Gasteiger partial charge in [-0.3, -0.25) is 9.78 Å². The molecule has 114 valence electrons. The number of fused-ring (bicyclic) bond motifs is 1. The Labute approximate surface area is 137 Å². The third-order valence-corrected chi connectivity index (χ3v) is 4.28. The lowest BCUT2D eigenvalue weighted by Gasteiger charge is -2.25. The second kappa shape index (κ2) is 6.58. The highest BCUT2D eigenvalue weighted by Gasteiger charge is 2.15. The molecule has 1 aromatic heterocycles. The summed E-state index contributed by atoms with van der Waals surface area (Å²) in [5, 5.41) is 1.04. The molecule has 22 heavy (non-hydrogen) atoms. The van der Waals surface area contributed by atoms with Crippen molar-refractivity contribution < 1.29 is 9.53 Å². The van der Waals surface area contributed by atoms with Crippen molar-refractivity contribution in [2.45, 2.75) is 6.92 Å². The number of amides is 1. The standard InChI is InChI=1S/C17H17BrN2O2/c1-12(10-17(21)20-6-8-22-9-7-20)14-4-5-19-16-3-2-13(18)11-15(14)16/h2-5,10-11H,6-9H2,1H3/b12-10+. The number of nitrogens with zero attached hydrogens (tertiary/aromatic N) is 2. The molecule has 1 fully saturated rings. The van der Waals surface area contributed by atoms with Crippen LogP contribution in [-0.2, 0) is 9.53 Å². The van der Waals surface area contributed by atoms with E-state index in [9.17, 15) is 4.79 Å². The van der Waals surface area contributed by atoms with Crippen molar-refractivity contribution >= 4 is 38.3 Å². The molecule has 1 aromatic carbocycles. The highest BCUT2D eigenvalue weighted by molar-refractivity contribution is 9.10. The summed E-state index contributed by atoms with van der Waals surface area (Å²) < 4.78 is 6.28. The van der Waals surface area contributed by atoms with Gasteiger partial charge in [0.25, 0.3) is 0 Å². The van der Waals surface area contributed by atoms with E-state index in [4.69, 9.17) is 4.74 Å². The summed E-state index contributed by atoms with van der Waals surface area (Å²) in [7, 11) is 0. The van der Waals surface area contributed by atoms with Gasteiger partial charge in [0.2, 0.25) is 5.91 Å². The van der Waals surface area contributed by atoms with Crippen LogP contribution in [0.1, 0.15) is 12.5 Å². The summed E-state index contributed by atoms with van der Waals surface area (Å²) in [6.45, 7) is 4.51. The van der Waals surface area contributed by atoms with Gasteiger partial charge in [-0.1, -0.05) is 15.9 Å². The van der Waals surface area contributed by atoms with Gasteiger partial charge in [-0.05, 0) is 42.3 Å². The molecule has 2 heterocycles. The summed E-state index contributed by atoms with van der Waals surface area (Å²) in [5.74, 6) is 0.0424. The van der Waals surface area contributed by atoms with Crippen LogP contribution in [0, 0.1) is 0 Å². The van der Waals surface area contributed by atoms with Gasteiger partial charge in [0.1, 0.15) is 0 Å². The van der Waals surface area contributed by atoms with E-state index in [1.807, 2.05) is 36.1 Å². The largest absolute Gasteiger partial charge is 0.378 e. The zero-order valence-corrected chi connectivity index (χ0v) is 14.0. The number of benzene rings is 1. The Morgan fingerprint density at radius 2 is 2.09 bits per heavy atom. The molecule has 2 aromatic rings. The smallest absolute Gasteiger partial charge is 0.246 e. The number of hydrogen-bond donors (Lipinski definition) is 0. The molecule has 5 heteroatoms. The number of hydrogen-bond acceptors (Lipinski definition) is 3. The van der Waals surface area contributed by atoms with Gasteiger partial charge in [-0.25, -0.2) is 0 Å². The molecule has 1 saturated heterocycles. The minimum atomic E-state index is 0.0424. The van der Waals surface area contributed by atoms with Crippen LogP contribution in [0.15, 0.2) is 41.0 Å². The maximum Gasteiger partial charge on any atom is 0.246 e. The number of carbonyl (C=O) groups excluding carboxylic acids is 1. The van der Waals surface area contributed by atoms with E-state index in [1.54, 1.807) is 12.3 Å². The van der Waals surface area contributed by atoms with Crippen LogP contribution in [0.5, 0.6) is 0 Å². The number of carbonyl (C=O) groups is 1. The van der Waals surface area contributed by atoms with E-state index in [0.717, 1.165) is 26.5 Å². The van der Waals surface area contributed by atoms with Crippen LogP contribution < -0.4 is 0 Å². The van der Waals surface area contributed by atoms with Gasteiger partial charge in [-0.2, -0.15) is 0 Å². The lowest BCUT2D eigenvalue weighted by Crippen LogP contribution is -2.39. The van der Waals surface area contributed by atoms with Gasteiger partial charge in [0.05, 0.1) is 18.7 Å². The average molecular weight is 361 g/mol. The molecule has 0 aliphatic carbocycles. The van der Waals surface area contributed by atoms with Crippen molar-refractivity contribution in [2.75, 3.05) is 26.3 Å². The van der Waals surface area contributed by atoms with E-state index in [2.05, 4.69) is 20.9 Å². The van der Waals surface area contributed by atoms with Crippen molar-refractivity contribution in [1.29, 1.82) is 0 Å². The second-order valence-corrected chi connectivity index (χ2v) is 6.20. The van der Waals surface area contributed by atoms with E-state index < -0.39 is 0 Å². The van der Waals surface area contributed by atoms with Crippen LogP contribution in [0.2, 0.25) is 0 Å². The third-order valence-electron chi connectivity index (χ3n) is 3.79. The summed E-state index contributed by atoms with van der Waals surface area (Å²) in [5.41, 5.74) is 2.90. The molecule has 1 aliphatic rings. The van der Waals surface area contributed by atoms with E-state index >= 15 is 0 Å². The van der Waals surface area contributed by atoms with E-state index in [1.165, 1.54) is 0 Å². The zero-order chi connectivity index (χ0) is 15.5. The number of rotatable bonds is 2. The first kappa shape index (κ1) is 15.2. The molecule has 3 rings (SSSR count). The van der Waals surface area contributed by atoms with Gasteiger partial charge in [0, 0.05) is 35.2 Å². The van der Waals surface area contributed by atoms with Crippen LogP contribution in [0.3, 0.4) is 0 Å². The molecule has 1 aliphatic heterocycles. The van der Waals surface area contributed by atoms with Crippen molar-refractivity contribution in [1.82, 2.24) is 9.88 Å². The van der Waals surface area contributed by atoms with E-state index in [-0.39, 0.29) is 5.91 Å². The molecular weight excluding hydrogens is 344 g/mol. The zero-order valence-electron chi connectivity index (χ0n) is 12.4. The Morgan fingerprint density at radius 1 is 1.32 bits per heavy atom. The fourth-order valence-corrected chi connectivity index (χ4v) is 2.96. The molecular formula is C17H17BrN2O2. The average Bonchev–Trinajstić information content (AvgIpc) is 2.55. The van der Waals surface area contributed by atoms with Crippen LogP contribution in [-0.4, -0.2) is 42.1 Å². The Kier molecular flexibility index (Phi) is 4.55. The second-order valence-electron chi connectivity index (χ2n) is 5.28. The predicted molar refractivity (Wildman–Crippen MR) is 90.5 cm³/mol. The van der Waals surface area contributed by atoms with E-state index in [0.29, 0.717) is 26.3 Å². The van der Waals surface area contributed by atoms with Gasteiger partial charge >= 0.3 is 0 Å². The minimum absolute atomic E-state index is 0.0424. The molecule has 0 spiro atoms. The maximum absolute atomic E-state index is 12.4. The van der Waals surface area contributed by atoms with Crippen molar-refractivity contribution in [3.8, 4) is 0 Å². The Bertz CT molecular complexity index is 737. The first-order valence-corrected chi connectivity index (χ1v) is 8.04. The number of aromatic nitrogens is 1. The van der Waals surface area contributed by atoms with Crippen LogP contribution in [0.4, 0.5) is 0 Å².